The summed E-state index contributed by atoms with van der Waals surface area (Å²) >= 11 is 0. The molecular formula is C35H30F9N7O7. The van der Waals surface area contributed by atoms with Crippen LogP contribution in [0.1, 0.15) is 5.56 Å². The number of fused-ring (bicyclic) bond motifs is 1. The summed E-state index contributed by atoms with van der Waals surface area (Å²) in [5.41, 5.74) is 5.97. The normalized spacial score (nSPS) is 12.8. The zero-order chi connectivity index (χ0) is 43.3. The van der Waals surface area contributed by atoms with E-state index in [9.17, 15) is 44.3 Å². The van der Waals surface area contributed by atoms with E-state index >= 15 is 0 Å². The number of nitrogens with one attached hydrogen (secondary N) is 2. The van der Waals surface area contributed by atoms with E-state index in [0.717, 1.165) is 71.0 Å². The maximum atomic E-state index is 12.5. The first-order chi connectivity index (χ1) is 27.1. The number of carbonyl (C=O) groups excluding carboxylic acids is 1. The van der Waals surface area contributed by atoms with Gasteiger partial charge in [-0.2, -0.15) is 44.6 Å². The third-order valence-electron chi connectivity index (χ3n) is 7.46. The number of aliphatic carboxylic acids is 3. The number of nitrogens with zero attached hydrogens (tertiary/aromatic N) is 5. The molecule has 0 bridgehead atoms. The number of piperazine rings is 1. The first kappa shape index (κ1) is 45.4. The van der Waals surface area contributed by atoms with Crippen molar-refractivity contribution in [3.05, 3.63) is 97.1 Å². The van der Waals surface area contributed by atoms with E-state index in [0.29, 0.717) is 6.42 Å². The monoisotopic (exact) mass is 831 g/mol. The molecule has 0 spiro atoms. The number of aromatic amines is 1. The second kappa shape index (κ2) is 19.8. The van der Waals surface area contributed by atoms with Crippen LogP contribution < -0.4 is 15.1 Å². The van der Waals surface area contributed by atoms with Gasteiger partial charge in [0.05, 0.1) is 18.1 Å². The molecule has 6 rings (SSSR count). The third kappa shape index (κ3) is 14.3. The smallest absolute Gasteiger partial charge is 0.475 e. The Morgan fingerprint density at radius 3 is 1.74 bits per heavy atom. The molecule has 1 aliphatic rings. The molecule has 0 aliphatic carbocycles. The van der Waals surface area contributed by atoms with Gasteiger partial charge in [-0.05, 0) is 41.5 Å². The van der Waals surface area contributed by atoms with Gasteiger partial charge in [-0.3, -0.25) is 9.89 Å². The molecule has 5 aromatic rings. The number of benzene rings is 3. The van der Waals surface area contributed by atoms with Crippen LogP contribution in [-0.4, -0.2) is 104 Å². The van der Waals surface area contributed by atoms with Crippen LogP contribution in [0.5, 0.6) is 0 Å². The Morgan fingerprint density at radius 2 is 1.22 bits per heavy atom. The molecule has 23 heteroatoms. The fourth-order valence-electron chi connectivity index (χ4n) is 4.83. The lowest BCUT2D eigenvalue weighted by molar-refractivity contribution is -0.193. The molecule has 58 heavy (non-hydrogen) atoms. The fourth-order valence-corrected chi connectivity index (χ4v) is 4.83. The first-order valence-corrected chi connectivity index (χ1v) is 16.1. The van der Waals surface area contributed by atoms with Crippen molar-refractivity contribution >= 4 is 51.9 Å². The Balaban J connectivity index is 0.000000353. The summed E-state index contributed by atoms with van der Waals surface area (Å²) in [7, 11) is 0. The number of amides is 1. The van der Waals surface area contributed by atoms with Crippen LogP contribution in [0, 0.1) is 0 Å². The molecule has 0 saturated carbocycles. The van der Waals surface area contributed by atoms with E-state index in [1.807, 2.05) is 60.9 Å². The quantitative estimate of drug-likeness (QED) is 0.118. The summed E-state index contributed by atoms with van der Waals surface area (Å²) in [6.45, 7) is 3.39. The van der Waals surface area contributed by atoms with Crippen molar-refractivity contribution in [2.24, 2.45) is 0 Å². The standard InChI is InChI=1S/C29H27N7O.3C2HF3O2/c37-28(15-21-5-2-1-3-6-21)34-24-7-4-8-25(17-24)35-11-13-36(14-12-35)29-26-16-22(23-18-32-33-19-23)9-10-27(26)30-20-31-29;3*3-2(4,5)1(6)7/h1-10,16-20H,11-15H2,(H,32,33)(H,34,37);3*(H,6,7). The van der Waals surface area contributed by atoms with Crippen LogP contribution in [0.3, 0.4) is 0 Å². The molecule has 0 radical (unpaired) electrons. The first-order valence-electron chi connectivity index (χ1n) is 16.1. The zero-order valence-electron chi connectivity index (χ0n) is 29.3. The van der Waals surface area contributed by atoms with E-state index in [-0.39, 0.29) is 5.91 Å². The van der Waals surface area contributed by atoms with Crippen LogP contribution in [0.15, 0.2) is 91.5 Å². The highest BCUT2D eigenvalue weighted by Crippen LogP contribution is 2.30. The number of hydrogen-bond acceptors (Lipinski definition) is 9. The number of carboxylic acid groups (broad SMARTS) is 3. The molecule has 310 valence electrons. The average Bonchev–Trinajstić information content (AvgIpc) is 3.70. The Kier molecular flexibility index (Phi) is 15.5. The molecule has 1 saturated heterocycles. The third-order valence-corrected chi connectivity index (χ3v) is 7.46. The van der Waals surface area contributed by atoms with Gasteiger partial charge in [0, 0.05) is 54.7 Å². The van der Waals surface area contributed by atoms with E-state index in [1.165, 1.54) is 0 Å². The van der Waals surface area contributed by atoms with Crippen LogP contribution >= 0.6 is 0 Å². The number of carboxylic acids is 3. The summed E-state index contributed by atoms with van der Waals surface area (Å²) in [6.07, 6.45) is -9.54. The topological polar surface area (TPSA) is 202 Å². The van der Waals surface area contributed by atoms with Gasteiger partial charge in [0.2, 0.25) is 5.91 Å². The number of anilines is 3. The summed E-state index contributed by atoms with van der Waals surface area (Å²) in [6, 6.07) is 24.1. The molecule has 3 heterocycles. The maximum Gasteiger partial charge on any atom is 0.490 e. The molecule has 1 aliphatic heterocycles. The highest BCUT2D eigenvalue weighted by Gasteiger charge is 2.39. The lowest BCUT2D eigenvalue weighted by Gasteiger charge is -2.37. The number of aromatic nitrogens is 4. The van der Waals surface area contributed by atoms with Gasteiger partial charge in [-0.15, -0.1) is 0 Å². The van der Waals surface area contributed by atoms with Crippen LogP contribution in [0.2, 0.25) is 0 Å². The molecule has 2 aromatic heterocycles. The minimum Gasteiger partial charge on any atom is -0.475 e. The van der Waals surface area contributed by atoms with E-state index < -0.39 is 36.4 Å². The van der Waals surface area contributed by atoms with Crippen LogP contribution in [0.25, 0.3) is 22.0 Å². The van der Waals surface area contributed by atoms with Crippen LogP contribution in [-0.2, 0) is 25.6 Å². The molecule has 0 atom stereocenters. The van der Waals surface area contributed by atoms with Gasteiger partial charge < -0.3 is 30.4 Å². The Labute approximate surface area is 320 Å². The van der Waals surface area contributed by atoms with Crippen molar-refractivity contribution in [3.63, 3.8) is 0 Å². The van der Waals surface area contributed by atoms with E-state index in [4.69, 9.17) is 29.7 Å². The Morgan fingerprint density at radius 1 is 0.672 bits per heavy atom. The van der Waals surface area contributed by atoms with Crippen molar-refractivity contribution in [2.75, 3.05) is 41.3 Å². The van der Waals surface area contributed by atoms with Crippen LogP contribution in [0.4, 0.5) is 56.7 Å². The Bertz CT molecular complexity index is 2090. The predicted molar refractivity (Wildman–Crippen MR) is 188 cm³/mol. The second-order valence-corrected chi connectivity index (χ2v) is 11.6. The van der Waals surface area contributed by atoms with Gasteiger partial charge >= 0.3 is 36.4 Å². The number of alkyl halides is 9. The molecule has 3 aromatic carbocycles. The average molecular weight is 832 g/mol. The molecule has 5 N–H and O–H groups in total. The van der Waals surface area contributed by atoms with Gasteiger partial charge in [-0.1, -0.05) is 42.5 Å². The minimum atomic E-state index is -5.08. The maximum absolute atomic E-state index is 12.5. The largest absolute Gasteiger partial charge is 0.490 e. The van der Waals surface area contributed by atoms with Gasteiger partial charge in [-0.25, -0.2) is 24.4 Å². The molecule has 0 unspecified atom stereocenters. The van der Waals surface area contributed by atoms with Crippen molar-refractivity contribution in [1.29, 1.82) is 0 Å². The van der Waals surface area contributed by atoms with Gasteiger partial charge in [0.15, 0.2) is 0 Å². The molecule has 14 nitrogen and oxygen atoms in total. The number of halogens is 9. The number of H-pyrrole nitrogens is 1. The zero-order valence-corrected chi connectivity index (χ0v) is 29.3. The van der Waals surface area contributed by atoms with Crippen molar-refractivity contribution in [3.8, 4) is 11.1 Å². The lowest BCUT2D eigenvalue weighted by Crippen LogP contribution is -2.47. The molecular weight excluding hydrogens is 801 g/mol. The van der Waals surface area contributed by atoms with E-state index in [2.05, 4.69) is 59.5 Å². The van der Waals surface area contributed by atoms with Crippen molar-refractivity contribution in [1.82, 2.24) is 20.2 Å². The summed E-state index contributed by atoms with van der Waals surface area (Å²) in [5.74, 6) is -7.33. The predicted octanol–water partition coefficient (Wildman–Crippen LogP) is 6.43. The summed E-state index contributed by atoms with van der Waals surface area (Å²) in [4.78, 5) is 53.0. The second-order valence-electron chi connectivity index (χ2n) is 11.6. The van der Waals surface area contributed by atoms with Crippen molar-refractivity contribution in [2.45, 2.75) is 24.9 Å². The van der Waals surface area contributed by atoms with Gasteiger partial charge in [0.25, 0.3) is 0 Å². The van der Waals surface area contributed by atoms with E-state index in [1.54, 1.807) is 6.33 Å². The minimum absolute atomic E-state index is 0.0152. The fraction of sp³-hybridized carbons (Fsp3) is 0.229. The highest BCUT2D eigenvalue weighted by molar-refractivity contribution is 5.94. The van der Waals surface area contributed by atoms with Gasteiger partial charge in [0.1, 0.15) is 12.1 Å². The van der Waals surface area contributed by atoms with Crippen molar-refractivity contribution < 1.29 is 74.0 Å². The Hall–Kier alpha value is -6.94. The summed E-state index contributed by atoms with van der Waals surface area (Å²) < 4.78 is 95.2. The number of hydrogen-bond donors (Lipinski definition) is 5. The SMILES string of the molecule is O=C(Cc1ccccc1)Nc1cccc(N2CCN(c3ncnc4ccc(-c5cn[nH]c5)cc34)CC2)c1.O=C(O)C(F)(F)F.O=C(O)C(F)(F)F.O=C(O)C(F)(F)F. The number of carbonyl (C=O) groups is 4. The molecule has 1 fully saturated rings. The number of rotatable bonds is 6. The summed E-state index contributed by atoms with van der Waals surface area (Å²) in [5, 5.41) is 32.4. The molecule has 1 amide bonds. The lowest BCUT2D eigenvalue weighted by atomic mass is 10.1. The highest BCUT2D eigenvalue weighted by atomic mass is 19.4.